The highest BCUT2D eigenvalue weighted by molar-refractivity contribution is 7.98. The van der Waals surface area contributed by atoms with Gasteiger partial charge < -0.3 is 0 Å². The molecular formula is C24H23N3S. The van der Waals surface area contributed by atoms with E-state index in [1.54, 1.807) is 11.8 Å². The quantitative estimate of drug-likeness (QED) is 0.357. The molecule has 0 N–H and O–H groups in total. The molecule has 0 bridgehead atoms. The van der Waals surface area contributed by atoms with Crippen LogP contribution in [0, 0.1) is 0 Å². The van der Waals surface area contributed by atoms with Crippen molar-refractivity contribution in [2.75, 3.05) is 0 Å². The molecule has 140 valence electrons. The number of thioether (sulfide) groups is 1. The van der Waals surface area contributed by atoms with E-state index in [1.165, 1.54) is 11.1 Å². The molecule has 4 heteroatoms. The molecule has 0 aliphatic rings. The van der Waals surface area contributed by atoms with E-state index in [0.29, 0.717) is 5.92 Å². The van der Waals surface area contributed by atoms with E-state index in [4.69, 9.17) is 5.10 Å². The molecule has 4 aromatic rings. The second-order valence-corrected chi connectivity index (χ2v) is 8.07. The van der Waals surface area contributed by atoms with Crippen LogP contribution in [0.4, 0.5) is 0 Å². The summed E-state index contributed by atoms with van der Waals surface area (Å²) in [6.45, 7) is 8.22. The lowest BCUT2D eigenvalue weighted by atomic mass is 10.0. The molecule has 0 aliphatic carbocycles. The third-order valence-corrected chi connectivity index (χ3v) is 5.88. The van der Waals surface area contributed by atoms with Crippen molar-refractivity contribution in [3.8, 4) is 11.3 Å². The van der Waals surface area contributed by atoms with E-state index in [2.05, 4.69) is 80.0 Å². The fourth-order valence-corrected chi connectivity index (χ4v) is 4.02. The fourth-order valence-electron chi connectivity index (χ4n) is 3.09. The van der Waals surface area contributed by atoms with E-state index >= 15 is 0 Å². The van der Waals surface area contributed by atoms with E-state index in [9.17, 15) is 0 Å². The zero-order valence-electron chi connectivity index (χ0n) is 16.2. The highest BCUT2D eigenvalue weighted by atomic mass is 32.2. The molecule has 2 aromatic heterocycles. The Balaban J connectivity index is 1.58. The van der Waals surface area contributed by atoms with Crippen molar-refractivity contribution in [3.63, 3.8) is 0 Å². The smallest absolute Gasteiger partial charge is 0.122 e. The number of aromatic nitrogens is 3. The first-order valence-electron chi connectivity index (χ1n) is 9.43. The summed E-state index contributed by atoms with van der Waals surface area (Å²) in [4.78, 5) is 4.59. The van der Waals surface area contributed by atoms with Crippen LogP contribution in [0.2, 0.25) is 0 Å². The number of nitrogens with zero attached hydrogens (tertiary/aromatic N) is 3. The Kier molecular flexibility index (Phi) is 5.31. The third kappa shape index (κ3) is 3.87. The summed E-state index contributed by atoms with van der Waals surface area (Å²) in [5.74, 6) is 1.40. The van der Waals surface area contributed by atoms with Gasteiger partial charge in [0.25, 0.3) is 0 Å². The first kappa shape index (κ1) is 18.5. The molecule has 28 heavy (non-hydrogen) atoms. The van der Waals surface area contributed by atoms with Crippen LogP contribution < -0.4 is 0 Å². The van der Waals surface area contributed by atoms with Gasteiger partial charge in [-0.25, -0.2) is 9.50 Å². The van der Waals surface area contributed by atoms with Crippen LogP contribution >= 0.6 is 11.8 Å². The maximum atomic E-state index is 4.75. The van der Waals surface area contributed by atoms with Gasteiger partial charge in [0.2, 0.25) is 0 Å². The van der Waals surface area contributed by atoms with Crippen LogP contribution in [-0.2, 0) is 5.75 Å². The molecule has 0 unspecified atom stereocenters. The molecule has 3 nitrogen and oxygen atoms in total. The minimum atomic E-state index is 0.530. The van der Waals surface area contributed by atoms with E-state index < -0.39 is 0 Å². The van der Waals surface area contributed by atoms with E-state index in [0.717, 1.165) is 33.1 Å². The van der Waals surface area contributed by atoms with Gasteiger partial charge in [0, 0.05) is 23.7 Å². The summed E-state index contributed by atoms with van der Waals surface area (Å²) in [6.07, 6.45) is 5.58. The molecule has 0 saturated carbocycles. The van der Waals surface area contributed by atoms with Crippen LogP contribution in [0.5, 0.6) is 0 Å². The molecule has 4 rings (SSSR count). The van der Waals surface area contributed by atoms with E-state index in [-0.39, 0.29) is 0 Å². The lowest BCUT2D eigenvalue weighted by Crippen LogP contribution is -1.91. The standard InChI is InChI=1S/C24H23N3S/c1-4-18-5-7-19(8-6-18)16-28-24-23-15-22(26-27(23)14-13-25-24)21-11-9-20(10-12-21)17(2)3/h4-15,17H,1,16H2,2-3H3. The predicted molar refractivity (Wildman–Crippen MR) is 119 cm³/mol. The summed E-state index contributed by atoms with van der Waals surface area (Å²) < 4.78 is 1.92. The zero-order chi connectivity index (χ0) is 19.5. The van der Waals surface area contributed by atoms with Gasteiger partial charge in [0.15, 0.2) is 0 Å². The van der Waals surface area contributed by atoms with E-state index in [1.807, 2.05) is 23.0 Å². The first-order valence-corrected chi connectivity index (χ1v) is 10.4. The van der Waals surface area contributed by atoms with Crippen LogP contribution in [0.25, 0.3) is 22.9 Å². The molecule has 0 atom stereocenters. The van der Waals surface area contributed by atoms with Crippen molar-refractivity contribution in [3.05, 3.63) is 90.3 Å². The minimum Gasteiger partial charge on any atom is -0.246 e. The predicted octanol–water partition coefficient (Wildman–Crippen LogP) is 6.46. The second-order valence-electron chi connectivity index (χ2n) is 7.10. The maximum Gasteiger partial charge on any atom is 0.122 e. The summed E-state index contributed by atoms with van der Waals surface area (Å²) >= 11 is 1.73. The average molecular weight is 386 g/mol. The van der Waals surface area contributed by atoms with Crippen molar-refractivity contribution in [2.45, 2.75) is 30.5 Å². The Morgan fingerprint density at radius 2 is 1.82 bits per heavy atom. The maximum absolute atomic E-state index is 4.75. The molecule has 0 amide bonds. The van der Waals surface area contributed by atoms with Crippen molar-refractivity contribution in [1.29, 1.82) is 0 Å². The summed E-state index contributed by atoms with van der Waals surface area (Å²) in [5, 5.41) is 5.74. The van der Waals surface area contributed by atoms with Gasteiger partial charge in [-0.15, -0.1) is 0 Å². The molecule has 0 radical (unpaired) electrons. The number of fused-ring (bicyclic) bond motifs is 1. The lowest BCUT2D eigenvalue weighted by molar-refractivity contribution is 0.866. The van der Waals surface area contributed by atoms with Crippen LogP contribution in [-0.4, -0.2) is 14.6 Å². The largest absolute Gasteiger partial charge is 0.246 e. The zero-order valence-corrected chi connectivity index (χ0v) is 17.0. The SMILES string of the molecule is C=Cc1ccc(CSc2nccn3nc(-c4ccc(C(C)C)cc4)cc23)cc1. The highest BCUT2D eigenvalue weighted by Crippen LogP contribution is 2.29. The van der Waals surface area contributed by atoms with Gasteiger partial charge in [0.05, 0.1) is 11.2 Å². The molecule has 0 aliphatic heterocycles. The van der Waals surface area contributed by atoms with Crippen LogP contribution in [0.15, 0.2) is 78.6 Å². The minimum absolute atomic E-state index is 0.530. The Morgan fingerprint density at radius 1 is 1.07 bits per heavy atom. The van der Waals surface area contributed by atoms with Crippen molar-refractivity contribution < 1.29 is 0 Å². The normalized spacial score (nSPS) is 11.2. The Labute approximate surface area is 170 Å². The van der Waals surface area contributed by atoms with Gasteiger partial charge >= 0.3 is 0 Å². The van der Waals surface area contributed by atoms with Crippen LogP contribution in [0.3, 0.4) is 0 Å². The molecule has 0 fully saturated rings. The molecule has 0 spiro atoms. The van der Waals surface area contributed by atoms with Gasteiger partial charge in [-0.2, -0.15) is 5.10 Å². The van der Waals surface area contributed by atoms with Gasteiger partial charge in [0.1, 0.15) is 5.03 Å². The van der Waals surface area contributed by atoms with Crippen molar-refractivity contribution >= 4 is 23.4 Å². The Hall–Kier alpha value is -2.85. The first-order chi connectivity index (χ1) is 13.6. The topological polar surface area (TPSA) is 30.2 Å². The van der Waals surface area contributed by atoms with Crippen LogP contribution in [0.1, 0.15) is 36.5 Å². The average Bonchev–Trinajstić information content (AvgIpc) is 3.17. The summed E-state index contributed by atoms with van der Waals surface area (Å²) in [6, 6.07) is 19.3. The van der Waals surface area contributed by atoms with Gasteiger partial charge in [-0.05, 0) is 28.7 Å². The monoisotopic (exact) mass is 385 g/mol. The van der Waals surface area contributed by atoms with Crippen molar-refractivity contribution in [2.24, 2.45) is 0 Å². The molecule has 0 saturated heterocycles. The van der Waals surface area contributed by atoms with Crippen molar-refractivity contribution in [1.82, 2.24) is 14.6 Å². The molecular weight excluding hydrogens is 362 g/mol. The van der Waals surface area contributed by atoms with Gasteiger partial charge in [-0.1, -0.05) is 86.8 Å². The number of benzene rings is 2. The molecule has 2 aromatic carbocycles. The summed E-state index contributed by atoms with van der Waals surface area (Å²) in [5.41, 5.74) is 6.89. The fraction of sp³-hybridized carbons (Fsp3) is 0.167. The molecule has 2 heterocycles. The second kappa shape index (κ2) is 8.03. The van der Waals surface area contributed by atoms with Gasteiger partial charge in [-0.3, -0.25) is 0 Å². The number of rotatable bonds is 6. The number of hydrogen-bond donors (Lipinski definition) is 0. The lowest BCUT2D eigenvalue weighted by Gasteiger charge is -2.05. The highest BCUT2D eigenvalue weighted by Gasteiger charge is 2.10. The number of hydrogen-bond acceptors (Lipinski definition) is 3. The Morgan fingerprint density at radius 3 is 2.50 bits per heavy atom. The third-order valence-electron chi connectivity index (χ3n) is 4.82. The summed E-state index contributed by atoms with van der Waals surface area (Å²) in [7, 11) is 0. The Bertz CT molecular complexity index is 1090.